The number of anilines is 1. The predicted molar refractivity (Wildman–Crippen MR) is 113 cm³/mol. The average molecular weight is 386 g/mol. The third-order valence-electron chi connectivity index (χ3n) is 6.40. The van der Waals surface area contributed by atoms with Crippen molar-refractivity contribution in [2.24, 2.45) is 11.3 Å². The normalized spacial score (nSPS) is 21.1. The zero-order valence-corrected chi connectivity index (χ0v) is 17.6. The number of carbonyl (C=O) groups excluding carboxylic acids is 1. The van der Waals surface area contributed by atoms with Crippen LogP contribution in [0.15, 0.2) is 6.07 Å². The van der Waals surface area contributed by atoms with Gasteiger partial charge in [-0.2, -0.15) is 0 Å². The zero-order valence-electron chi connectivity index (χ0n) is 16.8. The summed E-state index contributed by atoms with van der Waals surface area (Å²) in [5.41, 5.74) is 9.94. The smallest absolute Gasteiger partial charge is 0.266 e. The Balaban J connectivity index is 1.67. The van der Waals surface area contributed by atoms with Crippen molar-refractivity contribution in [2.75, 3.05) is 18.8 Å². The van der Waals surface area contributed by atoms with Crippen LogP contribution < -0.4 is 5.73 Å². The second-order valence-electron chi connectivity index (χ2n) is 9.30. The minimum Gasteiger partial charge on any atom is -0.397 e. The van der Waals surface area contributed by atoms with Crippen LogP contribution in [0, 0.1) is 11.3 Å². The molecule has 4 nitrogen and oxygen atoms in total. The topological polar surface area (TPSA) is 59.2 Å². The number of nitrogens with zero attached hydrogens (tertiary/aromatic N) is 2. The van der Waals surface area contributed by atoms with E-state index in [0.717, 1.165) is 49.0 Å². The molecule has 0 bridgehead atoms. The number of thiophene rings is 1. The van der Waals surface area contributed by atoms with E-state index in [4.69, 9.17) is 10.7 Å². The number of amides is 1. The van der Waals surface area contributed by atoms with Crippen LogP contribution in [0.3, 0.4) is 0 Å². The summed E-state index contributed by atoms with van der Waals surface area (Å²) in [7, 11) is 0. The highest BCUT2D eigenvalue weighted by atomic mass is 32.1. The molecule has 1 atom stereocenters. The van der Waals surface area contributed by atoms with Crippen LogP contribution in [0.5, 0.6) is 0 Å². The summed E-state index contributed by atoms with van der Waals surface area (Å²) in [6.07, 6.45) is 7.90. The lowest BCUT2D eigenvalue weighted by molar-refractivity contribution is 0.0767. The van der Waals surface area contributed by atoms with Crippen molar-refractivity contribution in [3.8, 4) is 0 Å². The highest BCUT2D eigenvalue weighted by molar-refractivity contribution is 7.21. The van der Waals surface area contributed by atoms with Gasteiger partial charge in [-0.05, 0) is 55.1 Å². The Hall–Kier alpha value is -1.62. The highest BCUT2D eigenvalue weighted by Gasteiger charge is 2.30. The second-order valence-corrected chi connectivity index (χ2v) is 10.3. The van der Waals surface area contributed by atoms with Gasteiger partial charge in [0, 0.05) is 24.2 Å². The summed E-state index contributed by atoms with van der Waals surface area (Å²) in [5, 5.41) is 0.978. The first kappa shape index (κ1) is 18.7. The fourth-order valence-electron chi connectivity index (χ4n) is 4.51. The minimum absolute atomic E-state index is 0.0999. The molecule has 1 aliphatic heterocycles. The number of hydrogen-bond donors (Lipinski definition) is 1. The number of carbonyl (C=O) groups is 1. The van der Waals surface area contributed by atoms with Gasteiger partial charge in [0.25, 0.3) is 5.91 Å². The fraction of sp³-hybridized carbons (Fsp3) is 0.636. The molecule has 2 aromatic rings. The monoisotopic (exact) mass is 385 g/mol. The number of nitrogens with two attached hydrogens (primary N) is 1. The molecule has 3 heterocycles. The molecule has 4 rings (SSSR count). The van der Waals surface area contributed by atoms with Crippen LogP contribution in [-0.4, -0.2) is 28.9 Å². The third-order valence-corrected chi connectivity index (χ3v) is 7.50. The first-order chi connectivity index (χ1) is 12.8. The molecule has 1 unspecified atom stereocenters. The molecule has 27 heavy (non-hydrogen) atoms. The fourth-order valence-corrected chi connectivity index (χ4v) is 5.57. The quantitative estimate of drug-likeness (QED) is 0.747. The Bertz CT molecular complexity index is 857. The van der Waals surface area contributed by atoms with E-state index in [1.54, 1.807) is 0 Å². The predicted octanol–water partition coefficient (Wildman–Crippen LogP) is 5.05. The third kappa shape index (κ3) is 3.58. The van der Waals surface area contributed by atoms with Crippen LogP contribution in [0.1, 0.15) is 73.8 Å². The number of fused-ring (bicyclic) bond motifs is 2. The molecule has 2 aromatic heterocycles. The van der Waals surface area contributed by atoms with Gasteiger partial charge in [-0.15, -0.1) is 11.3 Å². The number of nitrogen functional groups attached to an aromatic ring is 1. The summed E-state index contributed by atoms with van der Waals surface area (Å²) in [6.45, 7) is 8.68. The molecule has 1 aliphatic carbocycles. The standard InChI is InChI=1S/C22H31N3OS/c1-22(2,3)15-8-9-17-14(12-15)13-16-18(23)19(27-20(16)24-17)21(26)25-10-6-4-5-7-11-25/h13,15H,4-12,23H2,1-3H3. The first-order valence-corrected chi connectivity index (χ1v) is 11.2. The molecule has 1 amide bonds. The van der Waals surface area contributed by atoms with Gasteiger partial charge in [0.05, 0.1) is 5.69 Å². The summed E-state index contributed by atoms with van der Waals surface area (Å²) in [4.78, 5) is 21.6. The van der Waals surface area contributed by atoms with Gasteiger partial charge in [0.2, 0.25) is 0 Å². The molecule has 1 fully saturated rings. The average Bonchev–Trinajstić information content (AvgIpc) is 2.81. The van der Waals surface area contributed by atoms with Gasteiger partial charge in [-0.1, -0.05) is 33.6 Å². The van der Waals surface area contributed by atoms with Crippen LogP contribution in [0.4, 0.5) is 5.69 Å². The van der Waals surface area contributed by atoms with Crippen LogP contribution >= 0.6 is 11.3 Å². The van der Waals surface area contributed by atoms with E-state index in [2.05, 4.69) is 26.8 Å². The van der Waals surface area contributed by atoms with Crippen molar-refractivity contribution in [1.29, 1.82) is 0 Å². The van der Waals surface area contributed by atoms with Crippen LogP contribution in [-0.2, 0) is 12.8 Å². The number of aromatic nitrogens is 1. The Morgan fingerprint density at radius 2 is 1.93 bits per heavy atom. The Morgan fingerprint density at radius 1 is 1.22 bits per heavy atom. The van der Waals surface area contributed by atoms with Gasteiger partial charge < -0.3 is 10.6 Å². The zero-order chi connectivity index (χ0) is 19.2. The van der Waals surface area contributed by atoms with E-state index >= 15 is 0 Å². The number of aryl methyl sites for hydroxylation is 1. The van der Waals surface area contributed by atoms with Gasteiger partial charge in [-0.25, -0.2) is 4.98 Å². The van der Waals surface area contributed by atoms with Crippen molar-refractivity contribution in [1.82, 2.24) is 9.88 Å². The van der Waals surface area contributed by atoms with E-state index in [1.807, 2.05) is 4.90 Å². The summed E-state index contributed by atoms with van der Waals surface area (Å²) in [5.74, 6) is 0.769. The number of pyridine rings is 1. The molecule has 5 heteroatoms. The van der Waals surface area contributed by atoms with Crippen molar-refractivity contribution < 1.29 is 4.79 Å². The van der Waals surface area contributed by atoms with Crippen molar-refractivity contribution >= 4 is 33.1 Å². The molecule has 0 aromatic carbocycles. The van der Waals surface area contributed by atoms with E-state index < -0.39 is 0 Å². The van der Waals surface area contributed by atoms with Crippen LogP contribution in [0.2, 0.25) is 0 Å². The van der Waals surface area contributed by atoms with Gasteiger partial charge in [0.15, 0.2) is 0 Å². The van der Waals surface area contributed by atoms with E-state index in [-0.39, 0.29) is 5.91 Å². The molecular weight excluding hydrogens is 354 g/mol. The van der Waals surface area contributed by atoms with E-state index in [0.29, 0.717) is 21.9 Å². The van der Waals surface area contributed by atoms with Crippen molar-refractivity contribution in [3.63, 3.8) is 0 Å². The van der Waals surface area contributed by atoms with Gasteiger partial charge in [-0.3, -0.25) is 4.79 Å². The molecule has 146 valence electrons. The number of rotatable bonds is 1. The SMILES string of the molecule is CC(C)(C)C1CCc2nc3sc(C(=O)N4CCCCCC4)c(N)c3cc2C1. The molecular formula is C22H31N3OS. The Kier molecular flexibility index (Phi) is 4.91. The molecule has 2 N–H and O–H groups in total. The maximum atomic E-state index is 13.1. The highest BCUT2D eigenvalue weighted by Crippen LogP contribution is 2.40. The van der Waals surface area contributed by atoms with Crippen molar-refractivity contribution in [3.05, 3.63) is 22.2 Å². The van der Waals surface area contributed by atoms with E-state index in [9.17, 15) is 4.79 Å². The molecule has 0 saturated carbocycles. The summed E-state index contributed by atoms with van der Waals surface area (Å²) in [6, 6.07) is 2.22. The molecule has 0 spiro atoms. The largest absolute Gasteiger partial charge is 0.397 e. The van der Waals surface area contributed by atoms with E-state index in [1.165, 1.54) is 41.9 Å². The summed E-state index contributed by atoms with van der Waals surface area (Å²) < 4.78 is 0. The molecule has 1 saturated heterocycles. The number of hydrogen-bond acceptors (Lipinski definition) is 4. The molecule has 2 aliphatic rings. The first-order valence-electron chi connectivity index (χ1n) is 10.3. The second kappa shape index (κ2) is 7.08. The lowest BCUT2D eigenvalue weighted by Crippen LogP contribution is -2.31. The van der Waals surface area contributed by atoms with Crippen molar-refractivity contribution in [2.45, 2.75) is 65.7 Å². The minimum atomic E-state index is 0.0999. The van der Waals surface area contributed by atoms with Crippen LogP contribution in [0.25, 0.3) is 10.2 Å². The lowest BCUT2D eigenvalue weighted by Gasteiger charge is -2.34. The Morgan fingerprint density at radius 3 is 2.59 bits per heavy atom. The Labute approximate surface area is 166 Å². The molecule has 0 radical (unpaired) electrons. The van der Waals surface area contributed by atoms with Gasteiger partial charge >= 0.3 is 0 Å². The maximum Gasteiger partial charge on any atom is 0.266 e. The number of likely N-dealkylation sites (tertiary alicyclic amines) is 1. The summed E-state index contributed by atoms with van der Waals surface area (Å²) >= 11 is 1.48. The maximum absolute atomic E-state index is 13.1. The lowest BCUT2D eigenvalue weighted by atomic mass is 9.71. The van der Waals surface area contributed by atoms with Gasteiger partial charge in [0.1, 0.15) is 9.71 Å².